The number of carbonyl (C=O) groups is 1. The van der Waals surface area contributed by atoms with Crippen LogP contribution >= 0.6 is 0 Å². The standard InChI is InChI=1S/C26H22F2N4O2/c1-16-21(14-31(2)30-16)17-7-8-18(23(28)11-17)12-32-13-19-9-10-29-25(24(19)26(32)33)34-15-20-5-3-4-6-22(20)27/h3-11,14H,12-13,15H2,1-2H3. The zero-order valence-corrected chi connectivity index (χ0v) is 18.8. The van der Waals surface area contributed by atoms with E-state index in [1.165, 1.54) is 12.1 Å². The Balaban J connectivity index is 1.34. The lowest BCUT2D eigenvalue weighted by atomic mass is 10.0. The molecule has 0 unspecified atom stereocenters. The third-order valence-corrected chi connectivity index (χ3v) is 5.93. The number of amides is 1. The normalized spacial score (nSPS) is 12.8. The van der Waals surface area contributed by atoms with Gasteiger partial charge in [0.2, 0.25) is 5.88 Å². The van der Waals surface area contributed by atoms with Gasteiger partial charge >= 0.3 is 0 Å². The molecule has 172 valence electrons. The summed E-state index contributed by atoms with van der Waals surface area (Å²) in [5.41, 5.74) is 4.27. The van der Waals surface area contributed by atoms with Gasteiger partial charge in [0.05, 0.1) is 5.69 Å². The van der Waals surface area contributed by atoms with Crippen molar-refractivity contribution in [2.75, 3.05) is 0 Å². The van der Waals surface area contributed by atoms with Crippen LogP contribution in [0.2, 0.25) is 0 Å². The molecule has 1 aliphatic rings. The third-order valence-electron chi connectivity index (χ3n) is 5.93. The number of benzene rings is 2. The monoisotopic (exact) mass is 460 g/mol. The number of hydrogen-bond donors (Lipinski definition) is 0. The van der Waals surface area contributed by atoms with Gasteiger partial charge in [-0.05, 0) is 36.2 Å². The number of halogens is 2. The van der Waals surface area contributed by atoms with Gasteiger partial charge in [-0.25, -0.2) is 13.8 Å². The van der Waals surface area contributed by atoms with Crippen LogP contribution in [0.4, 0.5) is 8.78 Å². The fraction of sp³-hybridized carbons (Fsp3) is 0.192. The summed E-state index contributed by atoms with van der Waals surface area (Å²) in [6.45, 7) is 2.25. The summed E-state index contributed by atoms with van der Waals surface area (Å²) >= 11 is 0. The van der Waals surface area contributed by atoms with E-state index < -0.39 is 5.82 Å². The molecule has 3 heterocycles. The van der Waals surface area contributed by atoms with Crippen LogP contribution in [0, 0.1) is 18.6 Å². The molecular weight excluding hydrogens is 438 g/mol. The maximum Gasteiger partial charge on any atom is 0.260 e. The summed E-state index contributed by atoms with van der Waals surface area (Å²) in [6, 6.07) is 13.0. The van der Waals surface area contributed by atoms with Crippen LogP contribution in [0.1, 0.15) is 32.7 Å². The van der Waals surface area contributed by atoms with E-state index in [0.717, 1.165) is 22.4 Å². The van der Waals surface area contributed by atoms with Crippen molar-refractivity contribution < 1.29 is 18.3 Å². The molecule has 0 fully saturated rings. The van der Waals surface area contributed by atoms with Crippen LogP contribution in [-0.4, -0.2) is 25.6 Å². The summed E-state index contributed by atoms with van der Waals surface area (Å²) in [5.74, 6) is -0.920. The Hall–Kier alpha value is -4.07. The highest BCUT2D eigenvalue weighted by atomic mass is 19.1. The van der Waals surface area contributed by atoms with Crippen molar-refractivity contribution >= 4 is 5.91 Å². The molecule has 0 spiro atoms. The first-order chi connectivity index (χ1) is 16.4. The van der Waals surface area contributed by atoms with Crippen molar-refractivity contribution in [2.24, 2.45) is 7.05 Å². The minimum atomic E-state index is -0.390. The summed E-state index contributed by atoms with van der Waals surface area (Å²) in [6.07, 6.45) is 3.40. The molecule has 6 nitrogen and oxygen atoms in total. The van der Waals surface area contributed by atoms with E-state index in [9.17, 15) is 13.6 Å². The van der Waals surface area contributed by atoms with Gasteiger partial charge in [-0.1, -0.05) is 30.3 Å². The van der Waals surface area contributed by atoms with Crippen LogP contribution < -0.4 is 4.74 Å². The summed E-state index contributed by atoms with van der Waals surface area (Å²) in [4.78, 5) is 18.9. The van der Waals surface area contributed by atoms with Gasteiger partial charge in [-0.15, -0.1) is 0 Å². The number of carbonyl (C=O) groups excluding carboxylic acids is 1. The van der Waals surface area contributed by atoms with Gasteiger partial charge in [0.1, 0.15) is 23.8 Å². The van der Waals surface area contributed by atoms with Crippen LogP contribution in [0.15, 0.2) is 60.9 Å². The number of pyridine rings is 1. The minimum Gasteiger partial charge on any atom is -0.472 e. The van der Waals surface area contributed by atoms with Crippen molar-refractivity contribution in [1.29, 1.82) is 0 Å². The van der Waals surface area contributed by atoms with E-state index in [1.807, 2.05) is 26.2 Å². The summed E-state index contributed by atoms with van der Waals surface area (Å²) < 4.78 is 36.3. The van der Waals surface area contributed by atoms with Crippen LogP contribution in [0.25, 0.3) is 11.1 Å². The second-order valence-corrected chi connectivity index (χ2v) is 8.30. The molecule has 0 N–H and O–H groups in total. The molecule has 5 rings (SSSR count). The first-order valence-electron chi connectivity index (χ1n) is 10.8. The molecule has 0 radical (unpaired) electrons. The van der Waals surface area contributed by atoms with Gasteiger partial charge in [0.15, 0.2) is 0 Å². The Bertz CT molecular complexity index is 1400. The van der Waals surface area contributed by atoms with Crippen molar-refractivity contribution in [3.63, 3.8) is 0 Å². The average molecular weight is 460 g/mol. The van der Waals surface area contributed by atoms with E-state index >= 15 is 0 Å². The summed E-state index contributed by atoms with van der Waals surface area (Å²) in [5, 5.41) is 4.31. The molecule has 0 aliphatic carbocycles. The topological polar surface area (TPSA) is 60.3 Å². The highest BCUT2D eigenvalue weighted by Crippen LogP contribution is 2.32. The van der Waals surface area contributed by atoms with Crippen molar-refractivity contribution in [1.82, 2.24) is 19.7 Å². The highest BCUT2D eigenvalue weighted by molar-refractivity contribution is 6.00. The third kappa shape index (κ3) is 4.03. The van der Waals surface area contributed by atoms with Gasteiger partial charge < -0.3 is 9.64 Å². The SMILES string of the molecule is Cc1nn(C)cc1-c1ccc(CN2Cc3ccnc(OCc4ccccc4F)c3C2=O)c(F)c1. The average Bonchev–Trinajstić information content (AvgIpc) is 3.32. The highest BCUT2D eigenvalue weighted by Gasteiger charge is 2.32. The molecule has 1 amide bonds. The van der Waals surface area contributed by atoms with Crippen LogP contribution in [0.5, 0.6) is 5.88 Å². The Morgan fingerprint density at radius 2 is 1.88 bits per heavy atom. The maximum atomic E-state index is 15.0. The van der Waals surface area contributed by atoms with Crippen molar-refractivity contribution in [3.05, 3.63) is 101 Å². The van der Waals surface area contributed by atoms with E-state index in [4.69, 9.17) is 4.74 Å². The lowest BCUT2D eigenvalue weighted by Crippen LogP contribution is -2.24. The van der Waals surface area contributed by atoms with Gasteiger partial charge in [-0.3, -0.25) is 9.48 Å². The molecule has 4 aromatic rings. The van der Waals surface area contributed by atoms with E-state index in [1.54, 1.807) is 46.1 Å². The zero-order chi connectivity index (χ0) is 23.8. The molecule has 0 bridgehead atoms. The quantitative estimate of drug-likeness (QED) is 0.415. The Morgan fingerprint density at radius 3 is 2.62 bits per heavy atom. The molecule has 1 aliphatic heterocycles. The Labute approximate surface area is 195 Å². The van der Waals surface area contributed by atoms with Gasteiger partial charge in [0, 0.05) is 49.2 Å². The molecule has 0 saturated heterocycles. The molecule has 34 heavy (non-hydrogen) atoms. The molecule has 2 aromatic carbocycles. The predicted octanol–water partition coefficient (Wildman–Crippen LogP) is 4.80. The molecular formula is C26H22F2N4O2. The number of ether oxygens (including phenoxy) is 1. The minimum absolute atomic E-state index is 0.0484. The number of fused-ring (bicyclic) bond motifs is 1. The number of hydrogen-bond acceptors (Lipinski definition) is 4. The molecule has 8 heteroatoms. The molecule has 2 aromatic heterocycles. The Morgan fingerprint density at radius 1 is 1.06 bits per heavy atom. The number of aryl methyl sites for hydroxylation is 2. The lowest BCUT2D eigenvalue weighted by Gasteiger charge is -2.17. The second kappa shape index (κ2) is 8.70. The lowest BCUT2D eigenvalue weighted by molar-refractivity contribution is 0.0761. The van der Waals surface area contributed by atoms with Gasteiger partial charge in [0.25, 0.3) is 5.91 Å². The largest absolute Gasteiger partial charge is 0.472 e. The maximum absolute atomic E-state index is 15.0. The van der Waals surface area contributed by atoms with E-state index in [2.05, 4.69) is 10.1 Å². The van der Waals surface area contributed by atoms with E-state index in [0.29, 0.717) is 23.2 Å². The number of rotatable bonds is 6. The Kier molecular flexibility index (Phi) is 5.57. The van der Waals surface area contributed by atoms with E-state index in [-0.39, 0.29) is 30.8 Å². The van der Waals surface area contributed by atoms with Crippen LogP contribution in [0.3, 0.4) is 0 Å². The van der Waals surface area contributed by atoms with Crippen LogP contribution in [-0.2, 0) is 26.7 Å². The van der Waals surface area contributed by atoms with Crippen molar-refractivity contribution in [3.8, 4) is 17.0 Å². The van der Waals surface area contributed by atoms with Gasteiger partial charge in [-0.2, -0.15) is 5.10 Å². The smallest absolute Gasteiger partial charge is 0.260 e. The zero-order valence-electron chi connectivity index (χ0n) is 18.8. The predicted molar refractivity (Wildman–Crippen MR) is 122 cm³/mol. The number of nitrogens with zero attached hydrogens (tertiary/aromatic N) is 4. The molecule has 0 saturated carbocycles. The first-order valence-corrected chi connectivity index (χ1v) is 10.8. The summed E-state index contributed by atoms with van der Waals surface area (Å²) in [7, 11) is 1.82. The number of aromatic nitrogens is 3. The van der Waals surface area contributed by atoms with Crippen molar-refractivity contribution in [2.45, 2.75) is 26.6 Å². The first kappa shape index (κ1) is 21.8. The fourth-order valence-corrected chi connectivity index (χ4v) is 4.21. The fourth-order valence-electron chi connectivity index (χ4n) is 4.21. The molecule has 0 atom stereocenters. The second-order valence-electron chi connectivity index (χ2n) is 8.30.